The maximum atomic E-state index is 12.5. The van der Waals surface area contributed by atoms with Gasteiger partial charge < -0.3 is 20.3 Å². The normalized spacial score (nSPS) is 12.7. The first-order valence-electron chi connectivity index (χ1n) is 37.3. The largest absolute Gasteiger partial charge is 0.466 e. The Labute approximate surface area is 513 Å². The second-order valence-corrected chi connectivity index (χ2v) is 25.6. The number of hydrogen-bond donors (Lipinski definition) is 3. The highest BCUT2D eigenvalue weighted by Gasteiger charge is 2.18. The summed E-state index contributed by atoms with van der Waals surface area (Å²) in [5.41, 5.74) is 0. The van der Waals surface area contributed by atoms with Crippen molar-refractivity contribution in [2.45, 2.75) is 424 Å². The molecule has 1 amide bonds. The summed E-state index contributed by atoms with van der Waals surface area (Å²) in [5, 5.41) is 23.2. The molecule has 0 spiro atoms. The van der Waals surface area contributed by atoms with E-state index in [9.17, 15) is 19.8 Å². The number of amides is 1. The van der Waals surface area contributed by atoms with Crippen LogP contribution in [0.5, 0.6) is 0 Å². The maximum absolute atomic E-state index is 12.5. The van der Waals surface area contributed by atoms with Crippen LogP contribution in [0.2, 0.25) is 0 Å². The molecule has 0 aromatic rings. The van der Waals surface area contributed by atoms with Crippen molar-refractivity contribution in [1.29, 1.82) is 0 Å². The molecule has 0 aliphatic carbocycles. The summed E-state index contributed by atoms with van der Waals surface area (Å²) in [6.45, 7) is 4.94. The number of allylic oxidation sites excluding steroid dienone is 5. The van der Waals surface area contributed by atoms with Crippen molar-refractivity contribution in [1.82, 2.24) is 5.32 Å². The van der Waals surface area contributed by atoms with Gasteiger partial charge in [0, 0.05) is 12.8 Å². The summed E-state index contributed by atoms with van der Waals surface area (Å²) in [4.78, 5) is 24.6. The molecule has 0 saturated heterocycles. The molecule has 0 aliphatic heterocycles. The Hall–Kier alpha value is -1.92. The van der Waals surface area contributed by atoms with E-state index in [0.717, 1.165) is 44.9 Å². The van der Waals surface area contributed by atoms with Crippen LogP contribution in [0.1, 0.15) is 412 Å². The smallest absolute Gasteiger partial charge is 0.305 e. The number of nitrogens with one attached hydrogen (secondary N) is 1. The maximum Gasteiger partial charge on any atom is 0.305 e. The summed E-state index contributed by atoms with van der Waals surface area (Å²) in [6.07, 6.45) is 92.4. The Morgan fingerprint density at radius 1 is 0.329 bits per heavy atom. The van der Waals surface area contributed by atoms with Gasteiger partial charge >= 0.3 is 5.97 Å². The first-order chi connectivity index (χ1) is 40.5. The molecule has 0 rings (SSSR count). The molecule has 3 N–H and O–H groups in total. The minimum absolute atomic E-state index is 0.0139. The van der Waals surface area contributed by atoms with Crippen LogP contribution in [0.4, 0.5) is 0 Å². The van der Waals surface area contributed by atoms with Crippen molar-refractivity contribution in [3.8, 4) is 0 Å². The molecule has 6 nitrogen and oxygen atoms in total. The van der Waals surface area contributed by atoms with Gasteiger partial charge in [-0.15, -0.1) is 0 Å². The Morgan fingerprint density at radius 3 is 0.866 bits per heavy atom. The second kappa shape index (κ2) is 71.6. The molecule has 82 heavy (non-hydrogen) atoms. The fourth-order valence-corrected chi connectivity index (χ4v) is 11.7. The highest BCUT2D eigenvalue weighted by atomic mass is 16.5. The van der Waals surface area contributed by atoms with E-state index in [2.05, 4.69) is 43.5 Å². The van der Waals surface area contributed by atoms with Crippen molar-refractivity contribution in [2.24, 2.45) is 0 Å². The SMILES string of the molecule is CCCCCCCCC/C=C\CCCCCCCCCC(=O)OCCCCCCCCCCCCCC/C=C\CCCCCCCCCCCCCCCC(=O)NC(CO)C(O)/C=C/CCCCCCCCCCCCCCCCCC. The number of rotatable bonds is 70. The van der Waals surface area contributed by atoms with E-state index < -0.39 is 12.1 Å². The summed E-state index contributed by atoms with van der Waals surface area (Å²) >= 11 is 0. The number of ether oxygens (including phenoxy) is 1. The Kier molecular flexibility index (Phi) is 69.9. The minimum atomic E-state index is -0.845. The monoisotopic (exact) mass is 1150 g/mol. The predicted molar refractivity (Wildman–Crippen MR) is 361 cm³/mol. The lowest BCUT2D eigenvalue weighted by molar-refractivity contribution is -0.143. The predicted octanol–water partition coefficient (Wildman–Crippen LogP) is 24.3. The molecule has 0 radical (unpaired) electrons. The van der Waals surface area contributed by atoms with Crippen molar-refractivity contribution >= 4 is 11.9 Å². The summed E-state index contributed by atoms with van der Waals surface area (Å²) < 4.78 is 5.51. The summed E-state index contributed by atoms with van der Waals surface area (Å²) in [5.74, 6) is -0.0500. The average molecular weight is 1150 g/mol. The molecular formula is C76H145NO5. The van der Waals surface area contributed by atoms with Gasteiger partial charge in [-0.25, -0.2) is 0 Å². The second-order valence-electron chi connectivity index (χ2n) is 25.6. The number of unbranched alkanes of at least 4 members (excludes halogenated alkanes) is 55. The Bertz CT molecular complexity index is 1330. The molecule has 0 fully saturated rings. The van der Waals surface area contributed by atoms with Crippen LogP contribution in [0.15, 0.2) is 36.5 Å². The third-order valence-electron chi connectivity index (χ3n) is 17.4. The zero-order valence-electron chi connectivity index (χ0n) is 55.5. The van der Waals surface area contributed by atoms with Gasteiger partial charge in [0.15, 0.2) is 0 Å². The van der Waals surface area contributed by atoms with Crippen molar-refractivity contribution in [2.75, 3.05) is 13.2 Å². The van der Waals surface area contributed by atoms with Gasteiger partial charge in [-0.2, -0.15) is 0 Å². The quantitative estimate of drug-likeness (QED) is 0.0320. The average Bonchev–Trinajstić information content (AvgIpc) is 3.48. The molecule has 2 atom stereocenters. The number of hydrogen-bond acceptors (Lipinski definition) is 5. The molecule has 484 valence electrons. The fourth-order valence-electron chi connectivity index (χ4n) is 11.7. The van der Waals surface area contributed by atoms with Crippen LogP contribution >= 0.6 is 0 Å². The van der Waals surface area contributed by atoms with Crippen LogP contribution in [0.3, 0.4) is 0 Å². The van der Waals surface area contributed by atoms with Gasteiger partial charge in [-0.3, -0.25) is 9.59 Å². The van der Waals surface area contributed by atoms with Gasteiger partial charge in [-0.1, -0.05) is 352 Å². The van der Waals surface area contributed by atoms with Gasteiger partial charge in [0.05, 0.1) is 25.4 Å². The Morgan fingerprint density at radius 2 is 0.573 bits per heavy atom. The lowest BCUT2D eigenvalue weighted by Gasteiger charge is -2.20. The van der Waals surface area contributed by atoms with E-state index in [1.54, 1.807) is 6.08 Å². The Balaban J connectivity index is 3.38. The van der Waals surface area contributed by atoms with E-state index in [0.29, 0.717) is 19.4 Å². The molecule has 0 aromatic heterocycles. The molecule has 2 unspecified atom stereocenters. The standard InChI is InChI=1S/C76H145NO5/c1-3-5-7-9-11-13-15-17-19-21-36-40-44-48-52-56-60-64-68-74(79)73(72-78)77-75(80)69-65-61-57-53-49-45-41-37-34-32-30-28-26-24-23-25-27-29-31-33-35-39-43-47-51-55-59-63-67-71-82-76(81)70-66-62-58-54-50-46-42-38-22-20-18-16-14-12-10-8-6-4-2/h20,22-23,25,64,68,73-74,78-79H,3-19,21,24,26-63,65-67,69-72H2,1-2H3,(H,77,80)/b22-20-,25-23-,68-64+. The number of carbonyl (C=O) groups excluding carboxylic acids is 2. The van der Waals surface area contributed by atoms with E-state index in [1.165, 1.54) is 340 Å². The zero-order chi connectivity index (χ0) is 59.2. The molecule has 0 heterocycles. The molecule has 6 heteroatoms. The van der Waals surface area contributed by atoms with Crippen molar-refractivity contribution in [3.63, 3.8) is 0 Å². The van der Waals surface area contributed by atoms with E-state index in [4.69, 9.17) is 4.74 Å². The van der Waals surface area contributed by atoms with Crippen LogP contribution < -0.4 is 5.32 Å². The molecule has 0 saturated carbocycles. The summed E-state index contributed by atoms with van der Waals surface area (Å²) in [7, 11) is 0. The number of aliphatic hydroxyl groups is 2. The molecular weight excluding hydrogens is 1010 g/mol. The number of carbonyl (C=O) groups is 2. The van der Waals surface area contributed by atoms with Gasteiger partial charge in [0.1, 0.15) is 0 Å². The van der Waals surface area contributed by atoms with Crippen LogP contribution in [0.25, 0.3) is 0 Å². The molecule has 0 bridgehead atoms. The highest BCUT2D eigenvalue weighted by molar-refractivity contribution is 5.76. The first kappa shape index (κ1) is 80.1. The molecule has 0 aromatic carbocycles. The zero-order valence-corrected chi connectivity index (χ0v) is 55.5. The third-order valence-corrected chi connectivity index (χ3v) is 17.4. The fraction of sp³-hybridized carbons (Fsp3) is 0.895. The van der Waals surface area contributed by atoms with Gasteiger partial charge in [-0.05, 0) is 83.5 Å². The van der Waals surface area contributed by atoms with Gasteiger partial charge in [0.25, 0.3) is 0 Å². The van der Waals surface area contributed by atoms with E-state index >= 15 is 0 Å². The van der Waals surface area contributed by atoms with Crippen LogP contribution in [-0.4, -0.2) is 47.4 Å². The summed E-state index contributed by atoms with van der Waals surface area (Å²) in [6, 6.07) is -0.628. The topological polar surface area (TPSA) is 95.9 Å². The first-order valence-corrected chi connectivity index (χ1v) is 37.3. The molecule has 0 aliphatic rings. The van der Waals surface area contributed by atoms with Crippen molar-refractivity contribution in [3.05, 3.63) is 36.5 Å². The minimum Gasteiger partial charge on any atom is -0.466 e. The number of aliphatic hydroxyl groups excluding tert-OH is 2. The van der Waals surface area contributed by atoms with Crippen molar-refractivity contribution < 1.29 is 24.5 Å². The van der Waals surface area contributed by atoms with E-state index in [1.807, 2.05) is 6.08 Å². The van der Waals surface area contributed by atoms with E-state index in [-0.39, 0.29) is 18.5 Å². The lowest BCUT2D eigenvalue weighted by Crippen LogP contribution is -2.45. The third kappa shape index (κ3) is 67.2. The van der Waals surface area contributed by atoms with Gasteiger partial charge in [0.2, 0.25) is 5.91 Å². The van der Waals surface area contributed by atoms with Crippen LogP contribution in [0, 0.1) is 0 Å². The van der Waals surface area contributed by atoms with Crippen LogP contribution in [-0.2, 0) is 14.3 Å². The lowest BCUT2D eigenvalue weighted by atomic mass is 10.0. The number of esters is 1. The highest BCUT2D eigenvalue weighted by Crippen LogP contribution is 2.19.